The number of rotatable bonds is 4. The van der Waals surface area contributed by atoms with Crippen LogP contribution in [0.3, 0.4) is 0 Å². The van der Waals surface area contributed by atoms with Crippen molar-refractivity contribution in [2.45, 2.75) is 19.9 Å². The van der Waals surface area contributed by atoms with Gasteiger partial charge in [-0.05, 0) is 26.0 Å². The zero-order valence-electron chi connectivity index (χ0n) is 10.1. The number of nitrogens with two attached hydrogens (primary N) is 1. The predicted molar refractivity (Wildman–Crippen MR) is 68.2 cm³/mol. The van der Waals surface area contributed by atoms with Gasteiger partial charge in [-0.1, -0.05) is 0 Å². The fourth-order valence-electron chi connectivity index (χ4n) is 1.63. The van der Waals surface area contributed by atoms with Gasteiger partial charge < -0.3 is 11.1 Å². The lowest BCUT2D eigenvalue weighted by Gasteiger charge is -2.16. The molecular weight excluding hydrogens is 214 g/mol. The number of imidazole rings is 1. The molecule has 2 aromatic rings. The Morgan fingerprint density at radius 3 is 2.88 bits per heavy atom. The number of nitrogens with one attached hydrogen (secondary N) is 1. The van der Waals surface area contributed by atoms with E-state index in [0.717, 1.165) is 17.3 Å². The molecule has 0 aromatic carbocycles. The van der Waals surface area contributed by atoms with Gasteiger partial charge in [-0.15, -0.1) is 0 Å². The van der Waals surface area contributed by atoms with Gasteiger partial charge >= 0.3 is 0 Å². The summed E-state index contributed by atoms with van der Waals surface area (Å²) < 4.78 is 1.95. The normalized spacial score (nSPS) is 12.4. The third-order valence-corrected chi connectivity index (χ3v) is 2.60. The van der Waals surface area contributed by atoms with Crippen LogP contribution in [0.25, 0.3) is 5.82 Å². The third kappa shape index (κ3) is 2.45. The second-order valence-corrected chi connectivity index (χ2v) is 4.00. The van der Waals surface area contributed by atoms with Gasteiger partial charge in [-0.2, -0.15) is 0 Å². The highest BCUT2D eigenvalue weighted by Gasteiger charge is 2.09. The van der Waals surface area contributed by atoms with Gasteiger partial charge in [-0.3, -0.25) is 4.57 Å². The van der Waals surface area contributed by atoms with Crippen molar-refractivity contribution in [2.75, 3.05) is 11.9 Å². The fraction of sp³-hybridized carbons (Fsp3) is 0.333. The van der Waals surface area contributed by atoms with E-state index in [2.05, 4.69) is 15.3 Å². The maximum atomic E-state index is 5.62. The molecular formula is C12H17N5. The number of anilines is 1. The molecule has 0 saturated heterocycles. The molecule has 0 bridgehead atoms. The largest absolute Gasteiger partial charge is 0.378 e. The zero-order chi connectivity index (χ0) is 12.3. The van der Waals surface area contributed by atoms with E-state index < -0.39 is 0 Å². The standard InChI is InChI=1S/C12H17N5/c1-9(8-13)16-11-4-3-5-15-12(11)17-7-6-14-10(17)2/h3-7,9,16H,8,13H2,1-2H3. The van der Waals surface area contributed by atoms with Gasteiger partial charge in [0.1, 0.15) is 5.82 Å². The van der Waals surface area contributed by atoms with Crippen LogP contribution in [-0.4, -0.2) is 27.1 Å². The number of hydrogen-bond donors (Lipinski definition) is 2. The minimum atomic E-state index is 0.210. The molecule has 0 amide bonds. The highest BCUT2D eigenvalue weighted by molar-refractivity contribution is 5.57. The van der Waals surface area contributed by atoms with Crippen molar-refractivity contribution in [3.63, 3.8) is 0 Å². The first-order chi connectivity index (χ1) is 8.22. The molecule has 1 unspecified atom stereocenters. The van der Waals surface area contributed by atoms with Crippen LogP contribution in [0.15, 0.2) is 30.7 Å². The molecule has 2 heterocycles. The van der Waals surface area contributed by atoms with Gasteiger partial charge in [0.2, 0.25) is 0 Å². The van der Waals surface area contributed by atoms with Crippen molar-refractivity contribution < 1.29 is 0 Å². The topological polar surface area (TPSA) is 68.8 Å². The molecule has 5 heteroatoms. The van der Waals surface area contributed by atoms with Gasteiger partial charge in [-0.25, -0.2) is 9.97 Å². The Morgan fingerprint density at radius 1 is 1.41 bits per heavy atom. The monoisotopic (exact) mass is 231 g/mol. The summed E-state index contributed by atoms with van der Waals surface area (Å²) in [5.41, 5.74) is 6.58. The lowest BCUT2D eigenvalue weighted by atomic mass is 10.3. The van der Waals surface area contributed by atoms with E-state index >= 15 is 0 Å². The second-order valence-electron chi connectivity index (χ2n) is 4.00. The lowest BCUT2D eigenvalue weighted by Crippen LogP contribution is -2.26. The Morgan fingerprint density at radius 2 is 2.24 bits per heavy atom. The van der Waals surface area contributed by atoms with Crippen molar-refractivity contribution in [1.82, 2.24) is 14.5 Å². The highest BCUT2D eigenvalue weighted by atomic mass is 15.1. The summed E-state index contributed by atoms with van der Waals surface area (Å²) >= 11 is 0. The smallest absolute Gasteiger partial charge is 0.161 e. The molecule has 0 aliphatic heterocycles. The molecule has 2 rings (SSSR count). The van der Waals surface area contributed by atoms with E-state index in [1.165, 1.54) is 0 Å². The number of nitrogens with zero attached hydrogens (tertiary/aromatic N) is 3. The van der Waals surface area contributed by atoms with Gasteiger partial charge in [0.15, 0.2) is 5.82 Å². The van der Waals surface area contributed by atoms with E-state index in [1.54, 1.807) is 12.4 Å². The minimum absolute atomic E-state index is 0.210. The van der Waals surface area contributed by atoms with Gasteiger partial charge in [0, 0.05) is 31.2 Å². The van der Waals surface area contributed by atoms with Crippen molar-refractivity contribution >= 4 is 5.69 Å². The lowest BCUT2D eigenvalue weighted by molar-refractivity contribution is 0.798. The first-order valence-electron chi connectivity index (χ1n) is 5.64. The molecule has 0 aliphatic carbocycles. The summed E-state index contributed by atoms with van der Waals surface area (Å²) in [4.78, 5) is 8.59. The van der Waals surface area contributed by atoms with Gasteiger partial charge in [0.05, 0.1) is 5.69 Å². The number of hydrogen-bond acceptors (Lipinski definition) is 4. The summed E-state index contributed by atoms with van der Waals surface area (Å²) in [5.74, 6) is 1.76. The Bertz CT molecular complexity index is 491. The van der Waals surface area contributed by atoms with Gasteiger partial charge in [0.25, 0.3) is 0 Å². The molecule has 0 spiro atoms. The van der Waals surface area contributed by atoms with Crippen LogP contribution >= 0.6 is 0 Å². The highest BCUT2D eigenvalue weighted by Crippen LogP contribution is 2.18. The summed E-state index contributed by atoms with van der Waals surface area (Å²) in [6, 6.07) is 4.11. The second kappa shape index (κ2) is 4.97. The molecule has 2 aromatic heterocycles. The fourth-order valence-corrected chi connectivity index (χ4v) is 1.63. The predicted octanol–water partition coefficient (Wildman–Crippen LogP) is 1.33. The average Bonchev–Trinajstić information content (AvgIpc) is 2.76. The molecule has 0 aliphatic rings. The summed E-state index contributed by atoms with van der Waals surface area (Å²) in [6.45, 7) is 4.57. The Hall–Kier alpha value is -1.88. The molecule has 90 valence electrons. The van der Waals surface area contributed by atoms with E-state index in [1.807, 2.05) is 36.7 Å². The molecule has 0 radical (unpaired) electrons. The molecule has 3 N–H and O–H groups in total. The molecule has 0 saturated carbocycles. The molecule has 0 fully saturated rings. The maximum absolute atomic E-state index is 5.62. The number of aryl methyl sites for hydroxylation is 1. The quantitative estimate of drug-likeness (QED) is 0.833. The van der Waals surface area contributed by atoms with Crippen molar-refractivity contribution in [3.8, 4) is 5.82 Å². The number of aromatic nitrogens is 3. The van der Waals surface area contributed by atoms with Crippen molar-refractivity contribution in [2.24, 2.45) is 5.73 Å². The summed E-state index contributed by atoms with van der Waals surface area (Å²) in [6.07, 6.45) is 5.43. The molecule has 1 atom stereocenters. The van der Waals surface area contributed by atoms with Crippen LogP contribution in [0, 0.1) is 6.92 Å². The van der Waals surface area contributed by atoms with Crippen molar-refractivity contribution in [3.05, 3.63) is 36.5 Å². The first kappa shape index (κ1) is 11.6. The van der Waals surface area contributed by atoms with Crippen molar-refractivity contribution in [1.29, 1.82) is 0 Å². The Balaban J connectivity index is 2.38. The average molecular weight is 231 g/mol. The SMILES string of the molecule is Cc1nccn1-c1ncccc1NC(C)CN. The molecule has 5 nitrogen and oxygen atoms in total. The van der Waals surface area contributed by atoms with Crippen LogP contribution in [-0.2, 0) is 0 Å². The third-order valence-electron chi connectivity index (χ3n) is 2.60. The number of pyridine rings is 1. The van der Waals surface area contributed by atoms with Crippen LogP contribution < -0.4 is 11.1 Å². The maximum Gasteiger partial charge on any atom is 0.161 e. The minimum Gasteiger partial charge on any atom is -0.378 e. The van der Waals surface area contributed by atoms with E-state index in [4.69, 9.17) is 5.73 Å². The van der Waals surface area contributed by atoms with E-state index in [-0.39, 0.29) is 6.04 Å². The summed E-state index contributed by atoms with van der Waals surface area (Å²) in [5, 5.41) is 3.34. The summed E-state index contributed by atoms with van der Waals surface area (Å²) in [7, 11) is 0. The van der Waals surface area contributed by atoms with Crippen LogP contribution in [0.1, 0.15) is 12.7 Å². The van der Waals surface area contributed by atoms with E-state index in [0.29, 0.717) is 6.54 Å². The van der Waals surface area contributed by atoms with E-state index in [9.17, 15) is 0 Å². The zero-order valence-corrected chi connectivity index (χ0v) is 10.1. The Labute approximate surface area is 101 Å². The van der Waals surface area contributed by atoms with Crippen LogP contribution in [0.4, 0.5) is 5.69 Å². The molecule has 17 heavy (non-hydrogen) atoms. The first-order valence-corrected chi connectivity index (χ1v) is 5.64. The van der Waals surface area contributed by atoms with Crippen LogP contribution in [0.2, 0.25) is 0 Å². The Kier molecular flexibility index (Phi) is 3.39. The van der Waals surface area contributed by atoms with Crippen LogP contribution in [0.5, 0.6) is 0 Å².